The third kappa shape index (κ3) is 2.82. The van der Waals surface area contributed by atoms with Crippen molar-refractivity contribution in [3.05, 3.63) is 24.1 Å². The highest BCUT2D eigenvalue weighted by molar-refractivity contribution is 5.90. The second kappa shape index (κ2) is 5.78. The summed E-state index contributed by atoms with van der Waals surface area (Å²) < 4.78 is 6.74. The van der Waals surface area contributed by atoms with Gasteiger partial charge >= 0.3 is 0 Å². The van der Waals surface area contributed by atoms with Gasteiger partial charge in [-0.3, -0.25) is 9.48 Å². The lowest BCUT2D eigenvalue weighted by Gasteiger charge is -2.02. The summed E-state index contributed by atoms with van der Waals surface area (Å²) in [6.07, 6.45) is 5.34. The monoisotopic (exact) mass is 277 g/mol. The minimum atomic E-state index is -0.349. The Bertz CT molecular complexity index is 559. The largest absolute Gasteiger partial charge is 0.347 e. The van der Waals surface area contributed by atoms with Gasteiger partial charge in [-0.1, -0.05) is 10.4 Å². The Hall–Kier alpha value is -2.29. The van der Waals surface area contributed by atoms with Crippen LogP contribution in [0.25, 0.3) is 0 Å². The molecule has 0 radical (unpaired) electrons. The third-order valence-corrected chi connectivity index (χ3v) is 3.10. The number of rotatable bonds is 5. The fourth-order valence-corrected chi connectivity index (χ4v) is 2.08. The first-order chi connectivity index (χ1) is 9.83. The van der Waals surface area contributed by atoms with E-state index in [-0.39, 0.29) is 17.8 Å². The van der Waals surface area contributed by atoms with Gasteiger partial charge in [0.15, 0.2) is 0 Å². The van der Waals surface area contributed by atoms with Crippen LogP contribution in [-0.2, 0) is 6.54 Å². The maximum absolute atomic E-state index is 11.8. The molecule has 0 saturated carbocycles. The van der Waals surface area contributed by atoms with Gasteiger partial charge in [-0.05, 0) is 19.4 Å². The molecule has 1 unspecified atom stereocenters. The van der Waals surface area contributed by atoms with E-state index < -0.39 is 0 Å². The molecule has 0 aliphatic carbocycles. The number of amides is 1. The molecule has 2 aromatic rings. The molecule has 9 nitrogen and oxygen atoms in total. The van der Waals surface area contributed by atoms with Crippen molar-refractivity contribution in [1.82, 2.24) is 35.8 Å². The van der Waals surface area contributed by atoms with Gasteiger partial charge in [0.2, 0.25) is 5.89 Å². The molecular formula is C11H15N7O2. The maximum atomic E-state index is 11.8. The Morgan fingerprint density at radius 1 is 1.60 bits per heavy atom. The molecule has 9 heteroatoms. The molecule has 2 N–H and O–H groups in total. The Kier molecular flexibility index (Phi) is 3.68. The van der Waals surface area contributed by atoms with E-state index in [1.165, 1.54) is 0 Å². The topological polar surface area (TPSA) is 111 Å². The fourth-order valence-electron chi connectivity index (χ4n) is 2.08. The van der Waals surface area contributed by atoms with Crippen LogP contribution in [0.4, 0.5) is 0 Å². The average Bonchev–Trinajstić information content (AvgIpc) is 3.20. The van der Waals surface area contributed by atoms with E-state index in [1.807, 2.05) is 0 Å². The number of hydrogen-bond acceptors (Lipinski definition) is 7. The van der Waals surface area contributed by atoms with Gasteiger partial charge in [-0.25, -0.2) is 0 Å². The van der Waals surface area contributed by atoms with E-state index >= 15 is 0 Å². The summed E-state index contributed by atoms with van der Waals surface area (Å²) in [5, 5.41) is 17.1. The zero-order chi connectivity index (χ0) is 13.8. The van der Waals surface area contributed by atoms with Gasteiger partial charge in [0.1, 0.15) is 0 Å². The smallest absolute Gasteiger partial charge is 0.292 e. The van der Waals surface area contributed by atoms with Crippen LogP contribution in [0, 0.1) is 0 Å². The molecule has 3 rings (SSSR count). The van der Waals surface area contributed by atoms with E-state index in [0.29, 0.717) is 19.0 Å². The number of carbonyl (C=O) groups excluding carboxylic acids is 1. The summed E-state index contributed by atoms with van der Waals surface area (Å²) in [5.41, 5.74) is 0. The highest BCUT2D eigenvalue weighted by Crippen LogP contribution is 2.20. The quantitative estimate of drug-likeness (QED) is 0.759. The van der Waals surface area contributed by atoms with Crippen molar-refractivity contribution in [2.24, 2.45) is 0 Å². The van der Waals surface area contributed by atoms with E-state index in [1.54, 1.807) is 17.1 Å². The first kappa shape index (κ1) is 12.7. The van der Waals surface area contributed by atoms with Crippen molar-refractivity contribution in [2.45, 2.75) is 25.4 Å². The van der Waals surface area contributed by atoms with Crippen LogP contribution >= 0.6 is 0 Å². The SMILES string of the molecule is O=C(NCCn1ccnn1)c1noc(C2CCCN2)n1. The number of nitrogens with zero attached hydrogens (tertiary/aromatic N) is 5. The zero-order valence-electron chi connectivity index (χ0n) is 10.8. The van der Waals surface area contributed by atoms with Crippen LogP contribution in [0.3, 0.4) is 0 Å². The second-order valence-corrected chi connectivity index (χ2v) is 4.53. The van der Waals surface area contributed by atoms with E-state index in [4.69, 9.17) is 4.52 Å². The molecular weight excluding hydrogens is 262 g/mol. The second-order valence-electron chi connectivity index (χ2n) is 4.53. The molecule has 1 saturated heterocycles. The van der Waals surface area contributed by atoms with Gasteiger partial charge < -0.3 is 15.2 Å². The van der Waals surface area contributed by atoms with Gasteiger partial charge in [-0.2, -0.15) is 4.98 Å². The fraction of sp³-hybridized carbons (Fsp3) is 0.545. The van der Waals surface area contributed by atoms with Crippen molar-refractivity contribution in [1.29, 1.82) is 0 Å². The van der Waals surface area contributed by atoms with Crippen molar-refractivity contribution in [3.63, 3.8) is 0 Å². The highest BCUT2D eigenvalue weighted by Gasteiger charge is 2.24. The average molecular weight is 277 g/mol. The molecule has 2 aromatic heterocycles. The molecule has 1 atom stereocenters. The lowest BCUT2D eigenvalue weighted by Crippen LogP contribution is -2.28. The summed E-state index contributed by atoms with van der Waals surface area (Å²) in [4.78, 5) is 16.0. The summed E-state index contributed by atoms with van der Waals surface area (Å²) in [6.45, 7) is 1.90. The normalized spacial score (nSPS) is 18.3. The molecule has 3 heterocycles. The zero-order valence-corrected chi connectivity index (χ0v) is 10.8. The first-order valence-corrected chi connectivity index (χ1v) is 6.52. The van der Waals surface area contributed by atoms with Crippen molar-refractivity contribution >= 4 is 5.91 Å². The maximum Gasteiger partial charge on any atom is 0.292 e. The molecule has 106 valence electrons. The van der Waals surface area contributed by atoms with Gasteiger partial charge in [-0.15, -0.1) is 5.10 Å². The molecule has 1 aliphatic heterocycles. The molecule has 1 aliphatic rings. The van der Waals surface area contributed by atoms with Crippen molar-refractivity contribution in [3.8, 4) is 0 Å². The number of aromatic nitrogens is 5. The van der Waals surface area contributed by atoms with Gasteiger partial charge in [0.05, 0.1) is 18.8 Å². The number of nitrogens with one attached hydrogen (secondary N) is 2. The van der Waals surface area contributed by atoms with Crippen molar-refractivity contribution < 1.29 is 9.32 Å². The lowest BCUT2D eigenvalue weighted by molar-refractivity contribution is 0.0938. The van der Waals surface area contributed by atoms with Crippen molar-refractivity contribution in [2.75, 3.05) is 13.1 Å². The Morgan fingerprint density at radius 3 is 3.30 bits per heavy atom. The molecule has 1 amide bonds. The van der Waals surface area contributed by atoms with Crippen LogP contribution in [0.1, 0.15) is 35.4 Å². The Morgan fingerprint density at radius 2 is 2.55 bits per heavy atom. The summed E-state index contributed by atoms with van der Waals surface area (Å²) in [7, 11) is 0. The van der Waals surface area contributed by atoms with E-state index in [9.17, 15) is 4.79 Å². The first-order valence-electron chi connectivity index (χ1n) is 6.52. The van der Waals surface area contributed by atoms with Crippen LogP contribution in [0.5, 0.6) is 0 Å². The third-order valence-electron chi connectivity index (χ3n) is 3.10. The lowest BCUT2D eigenvalue weighted by atomic mass is 10.2. The number of carbonyl (C=O) groups is 1. The molecule has 1 fully saturated rings. The van der Waals surface area contributed by atoms with Crippen LogP contribution < -0.4 is 10.6 Å². The van der Waals surface area contributed by atoms with Gasteiger partial charge in [0, 0.05) is 12.7 Å². The summed E-state index contributed by atoms with van der Waals surface area (Å²) >= 11 is 0. The van der Waals surface area contributed by atoms with E-state index in [0.717, 1.165) is 19.4 Å². The Balaban J connectivity index is 1.51. The van der Waals surface area contributed by atoms with Crippen LogP contribution in [0.2, 0.25) is 0 Å². The Labute approximate surface area is 114 Å². The van der Waals surface area contributed by atoms with Gasteiger partial charge in [0.25, 0.3) is 11.7 Å². The highest BCUT2D eigenvalue weighted by atomic mass is 16.5. The van der Waals surface area contributed by atoms with Crippen LogP contribution in [-0.4, -0.2) is 44.1 Å². The minimum absolute atomic E-state index is 0.0623. The molecule has 0 bridgehead atoms. The van der Waals surface area contributed by atoms with E-state index in [2.05, 4.69) is 31.1 Å². The standard InChI is InChI=1S/C11H15N7O2/c19-10(13-4-6-18-7-5-14-17-18)9-15-11(20-16-9)8-2-1-3-12-8/h5,7-8,12H,1-4,6H2,(H,13,19). The molecule has 20 heavy (non-hydrogen) atoms. The van der Waals surface area contributed by atoms with Crippen LogP contribution in [0.15, 0.2) is 16.9 Å². The predicted octanol–water partition coefficient (Wildman–Crippen LogP) is -0.484. The molecule has 0 spiro atoms. The molecule has 0 aromatic carbocycles. The summed E-state index contributed by atoms with van der Waals surface area (Å²) in [6, 6.07) is 0.0687. The number of hydrogen-bond donors (Lipinski definition) is 2. The summed E-state index contributed by atoms with van der Waals surface area (Å²) in [5.74, 6) is 0.189. The predicted molar refractivity (Wildman–Crippen MR) is 66.6 cm³/mol. The minimum Gasteiger partial charge on any atom is -0.347 e.